The van der Waals surface area contributed by atoms with E-state index in [1.54, 1.807) is 26.2 Å². The second-order valence-corrected chi connectivity index (χ2v) is 10.2. The minimum Gasteiger partial charge on any atom is -0.496 e. The summed E-state index contributed by atoms with van der Waals surface area (Å²) in [5.41, 5.74) is 3.09. The lowest BCUT2D eigenvalue weighted by atomic mass is 10.1. The number of rotatable bonds is 5. The van der Waals surface area contributed by atoms with Gasteiger partial charge in [0.1, 0.15) is 5.75 Å². The maximum Gasteiger partial charge on any atom is 0.243 e. The fourth-order valence-corrected chi connectivity index (χ4v) is 5.98. The Labute approximate surface area is 198 Å². The Morgan fingerprint density at radius 2 is 1.65 bits per heavy atom. The van der Waals surface area contributed by atoms with Crippen LogP contribution in [0.4, 0.5) is 5.82 Å². The molecular weight excluding hydrogens is 456 g/mol. The Balaban J connectivity index is 1.27. The number of sulfonamides is 1. The molecule has 10 heteroatoms. The molecule has 0 atom stereocenters. The first-order chi connectivity index (χ1) is 16.4. The number of aryl methyl sites for hydroxylation is 2. The Hall–Kier alpha value is -3.37. The quantitative estimate of drug-likeness (QED) is 0.548. The highest BCUT2D eigenvalue weighted by Gasteiger charge is 2.30. The summed E-state index contributed by atoms with van der Waals surface area (Å²) < 4.78 is 44.3. The van der Waals surface area contributed by atoms with Crippen LogP contribution in [-0.4, -0.2) is 63.0 Å². The van der Waals surface area contributed by atoms with Crippen LogP contribution in [0.5, 0.6) is 17.2 Å². The van der Waals surface area contributed by atoms with Crippen molar-refractivity contribution < 1.29 is 22.6 Å². The number of hydrogen-bond donors (Lipinski definition) is 0. The van der Waals surface area contributed by atoms with Crippen molar-refractivity contribution in [3.8, 4) is 28.5 Å². The van der Waals surface area contributed by atoms with E-state index < -0.39 is 10.0 Å². The van der Waals surface area contributed by atoms with E-state index in [0.29, 0.717) is 48.1 Å². The maximum atomic E-state index is 13.3. The maximum absolute atomic E-state index is 13.3. The monoisotopic (exact) mass is 482 g/mol. The van der Waals surface area contributed by atoms with Crippen molar-refractivity contribution in [1.82, 2.24) is 14.5 Å². The highest BCUT2D eigenvalue weighted by molar-refractivity contribution is 7.89. The number of methoxy groups -OCH3 is 1. The Bertz CT molecular complexity index is 1320. The van der Waals surface area contributed by atoms with Crippen LogP contribution >= 0.6 is 0 Å². The van der Waals surface area contributed by atoms with E-state index in [-0.39, 0.29) is 6.79 Å². The van der Waals surface area contributed by atoms with Gasteiger partial charge < -0.3 is 19.1 Å². The number of nitrogens with zero attached hydrogens (tertiary/aromatic N) is 4. The minimum atomic E-state index is -3.60. The number of benzene rings is 2. The van der Waals surface area contributed by atoms with E-state index >= 15 is 0 Å². The minimum absolute atomic E-state index is 0.225. The zero-order chi connectivity index (χ0) is 23.9. The fourth-order valence-electron chi connectivity index (χ4n) is 4.26. The molecule has 0 aliphatic carbocycles. The van der Waals surface area contributed by atoms with Crippen molar-refractivity contribution in [3.05, 3.63) is 53.6 Å². The molecule has 0 saturated carbocycles. The lowest BCUT2D eigenvalue weighted by Gasteiger charge is -2.34. The number of hydrogen-bond acceptors (Lipinski definition) is 8. The smallest absolute Gasteiger partial charge is 0.243 e. The SMILES string of the molecule is COc1cc(C)c(S(=O)(=O)N2CCN(c3ccc(-c4ccc5c(c4)OCO5)nn3)CC2)cc1C. The second kappa shape index (κ2) is 8.77. The van der Waals surface area contributed by atoms with Gasteiger partial charge in [0.15, 0.2) is 17.3 Å². The summed E-state index contributed by atoms with van der Waals surface area (Å²) in [6.07, 6.45) is 0. The average molecular weight is 483 g/mol. The van der Waals surface area contributed by atoms with Gasteiger partial charge in [0.2, 0.25) is 16.8 Å². The standard InChI is InChI=1S/C24H26N4O5S/c1-16-13-23(17(2)12-21(16)31-3)34(29,30)28-10-8-27(9-11-28)24-7-5-19(25-26-24)18-4-6-20-22(14-18)33-15-32-20/h4-7,12-14H,8-11,15H2,1-3H3. The summed E-state index contributed by atoms with van der Waals surface area (Å²) in [6, 6.07) is 13.0. The lowest BCUT2D eigenvalue weighted by Crippen LogP contribution is -2.49. The van der Waals surface area contributed by atoms with Crippen molar-refractivity contribution in [1.29, 1.82) is 0 Å². The van der Waals surface area contributed by atoms with Gasteiger partial charge in [-0.2, -0.15) is 4.31 Å². The molecule has 0 radical (unpaired) electrons. The second-order valence-electron chi connectivity index (χ2n) is 8.32. The van der Waals surface area contributed by atoms with Gasteiger partial charge in [0, 0.05) is 31.7 Å². The predicted molar refractivity (Wildman–Crippen MR) is 127 cm³/mol. The fraction of sp³-hybridized carbons (Fsp3) is 0.333. The summed E-state index contributed by atoms with van der Waals surface area (Å²) in [7, 11) is -2.02. The largest absolute Gasteiger partial charge is 0.496 e. The molecule has 9 nitrogen and oxygen atoms in total. The normalized spacial score (nSPS) is 16.0. The topological polar surface area (TPSA) is 94.1 Å². The molecule has 178 valence electrons. The molecule has 34 heavy (non-hydrogen) atoms. The molecule has 0 spiro atoms. The summed E-state index contributed by atoms with van der Waals surface area (Å²) in [5, 5.41) is 8.76. The number of aromatic nitrogens is 2. The first-order valence-electron chi connectivity index (χ1n) is 11.0. The van der Waals surface area contributed by atoms with Gasteiger partial charge in [-0.05, 0) is 67.4 Å². The van der Waals surface area contributed by atoms with E-state index in [4.69, 9.17) is 14.2 Å². The molecule has 2 aliphatic rings. The summed E-state index contributed by atoms with van der Waals surface area (Å²) in [4.78, 5) is 2.38. The van der Waals surface area contributed by atoms with Crippen LogP contribution < -0.4 is 19.1 Å². The molecule has 1 saturated heterocycles. The van der Waals surface area contributed by atoms with Crippen LogP contribution in [0.15, 0.2) is 47.4 Å². The molecule has 0 bridgehead atoms. The van der Waals surface area contributed by atoms with Crippen LogP contribution in [0, 0.1) is 13.8 Å². The predicted octanol–water partition coefficient (Wildman–Crippen LogP) is 3.01. The molecular formula is C24H26N4O5S. The van der Waals surface area contributed by atoms with E-state index in [1.807, 2.05) is 37.3 Å². The Kier molecular flexibility index (Phi) is 5.78. The number of ether oxygens (including phenoxy) is 3. The van der Waals surface area contributed by atoms with E-state index in [1.165, 1.54) is 4.31 Å². The van der Waals surface area contributed by atoms with Crippen molar-refractivity contribution in [2.24, 2.45) is 0 Å². The number of piperazine rings is 1. The van der Waals surface area contributed by atoms with Gasteiger partial charge in [-0.3, -0.25) is 0 Å². The third kappa shape index (κ3) is 4.03. The van der Waals surface area contributed by atoms with Crippen molar-refractivity contribution in [3.63, 3.8) is 0 Å². The summed E-state index contributed by atoms with van der Waals surface area (Å²) in [6.45, 7) is 5.68. The van der Waals surface area contributed by atoms with E-state index in [0.717, 1.165) is 28.4 Å². The van der Waals surface area contributed by atoms with Crippen LogP contribution in [0.3, 0.4) is 0 Å². The molecule has 0 unspecified atom stereocenters. The highest BCUT2D eigenvalue weighted by atomic mass is 32.2. The van der Waals surface area contributed by atoms with Gasteiger partial charge in [0.25, 0.3) is 0 Å². The van der Waals surface area contributed by atoms with Gasteiger partial charge >= 0.3 is 0 Å². The highest BCUT2D eigenvalue weighted by Crippen LogP contribution is 2.35. The third-order valence-electron chi connectivity index (χ3n) is 6.19. The van der Waals surface area contributed by atoms with Crippen LogP contribution in [0.25, 0.3) is 11.3 Å². The lowest BCUT2D eigenvalue weighted by molar-refractivity contribution is 0.174. The molecule has 1 aromatic heterocycles. The van der Waals surface area contributed by atoms with Crippen molar-refractivity contribution >= 4 is 15.8 Å². The molecule has 3 aromatic rings. The summed E-state index contributed by atoms with van der Waals surface area (Å²) >= 11 is 0. The van der Waals surface area contributed by atoms with Crippen molar-refractivity contribution in [2.45, 2.75) is 18.7 Å². The van der Waals surface area contributed by atoms with E-state index in [2.05, 4.69) is 15.1 Å². The molecule has 3 heterocycles. The molecule has 2 aromatic carbocycles. The number of anilines is 1. The first-order valence-corrected chi connectivity index (χ1v) is 12.4. The Morgan fingerprint density at radius 1 is 0.882 bits per heavy atom. The van der Waals surface area contributed by atoms with Crippen LogP contribution in [0.1, 0.15) is 11.1 Å². The molecule has 5 rings (SSSR count). The Morgan fingerprint density at radius 3 is 2.35 bits per heavy atom. The zero-order valence-electron chi connectivity index (χ0n) is 19.3. The molecule has 2 aliphatic heterocycles. The van der Waals surface area contributed by atoms with Crippen LogP contribution in [-0.2, 0) is 10.0 Å². The molecule has 0 N–H and O–H groups in total. The zero-order valence-corrected chi connectivity index (χ0v) is 20.1. The van der Waals surface area contributed by atoms with Gasteiger partial charge in [-0.1, -0.05) is 0 Å². The van der Waals surface area contributed by atoms with Crippen LogP contribution in [0.2, 0.25) is 0 Å². The third-order valence-corrected chi connectivity index (χ3v) is 8.23. The summed E-state index contributed by atoms with van der Waals surface area (Å²) in [5.74, 6) is 2.83. The molecule has 1 fully saturated rings. The van der Waals surface area contributed by atoms with Gasteiger partial charge in [-0.15, -0.1) is 10.2 Å². The van der Waals surface area contributed by atoms with Crippen molar-refractivity contribution in [2.75, 3.05) is 45.0 Å². The van der Waals surface area contributed by atoms with E-state index in [9.17, 15) is 8.42 Å². The molecule has 0 amide bonds. The first kappa shape index (κ1) is 22.4. The van der Waals surface area contributed by atoms with Gasteiger partial charge in [0.05, 0.1) is 17.7 Å². The average Bonchev–Trinajstić information content (AvgIpc) is 3.33. The number of fused-ring (bicyclic) bond motifs is 1. The van der Waals surface area contributed by atoms with Gasteiger partial charge in [-0.25, -0.2) is 8.42 Å².